The topological polar surface area (TPSA) is 144 Å². The van der Waals surface area contributed by atoms with Crippen LogP contribution in [0.15, 0.2) is 30.7 Å². The van der Waals surface area contributed by atoms with Gasteiger partial charge >= 0.3 is 6.03 Å². The number of carbonyl (C=O) groups excluding carboxylic acids is 3. The van der Waals surface area contributed by atoms with Crippen molar-refractivity contribution in [1.82, 2.24) is 40.1 Å². The van der Waals surface area contributed by atoms with Gasteiger partial charge in [0, 0.05) is 31.4 Å². The normalized spacial score (nSPS) is 19.4. The van der Waals surface area contributed by atoms with E-state index in [-0.39, 0.29) is 50.4 Å². The van der Waals surface area contributed by atoms with Crippen LogP contribution in [-0.4, -0.2) is 91.0 Å². The first kappa shape index (κ1) is 26.5. The SMILES string of the molecule is C#CCN(C(=O)NCCCC)N1CC(=O)N2[C@@H](Cc3cnc[nH]3)C(=O)N(Cc3cccc4sc(N)nc34)C[C@@H]21. The third kappa shape index (κ3) is 5.25. The molecule has 12 nitrogen and oxygen atoms in total. The van der Waals surface area contributed by atoms with Crippen molar-refractivity contribution in [2.75, 3.05) is 31.9 Å². The number of aromatic amines is 1. The number of nitrogen functional groups attached to an aromatic ring is 1. The van der Waals surface area contributed by atoms with Gasteiger partial charge in [-0.3, -0.25) is 9.59 Å². The van der Waals surface area contributed by atoms with Gasteiger partial charge in [-0.05, 0) is 18.1 Å². The summed E-state index contributed by atoms with van der Waals surface area (Å²) < 4.78 is 0.937. The predicted molar refractivity (Wildman–Crippen MR) is 147 cm³/mol. The molecular formula is C26H31N9O3S. The fourth-order valence-electron chi connectivity index (χ4n) is 5.18. The van der Waals surface area contributed by atoms with Crippen LogP contribution in [0.5, 0.6) is 0 Å². The lowest BCUT2D eigenvalue weighted by molar-refractivity contribution is -0.157. The number of unbranched alkanes of at least 4 members (excludes halogenated alkanes) is 1. The number of amides is 4. The van der Waals surface area contributed by atoms with Crippen molar-refractivity contribution in [3.8, 4) is 12.3 Å². The van der Waals surface area contributed by atoms with Crippen LogP contribution in [0, 0.1) is 12.3 Å². The number of terminal acetylenes is 1. The minimum Gasteiger partial charge on any atom is -0.375 e. The Kier molecular flexibility index (Phi) is 7.67. The van der Waals surface area contributed by atoms with Crippen LogP contribution < -0.4 is 11.1 Å². The molecule has 4 amide bonds. The number of benzene rings is 1. The average Bonchev–Trinajstić information content (AvgIpc) is 3.64. The van der Waals surface area contributed by atoms with E-state index in [4.69, 9.17) is 12.2 Å². The number of fused-ring (bicyclic) bond motifs is 2. The zero-order valence-corrected chi connectivity index (χ0v) is 22.5. The van der Waals surface area contributed by atoms with Gasteiger partial charge in [0.1, 0.15) is 12.2 Å². The standard InChI is InChI=1S/C26H31N9O3S/c1-3-5-9-29-26(38)33(10-4-2)34-15-22(36)35-19(11-18-12-28-16-30-18)24(37)32(14-21(34)35)13-17-7-6-8-20-23(17)31-25(27)39-20/h2,6-8,12,16,19,21H,3,5,9-11,13-15H2,1H3,(H2,27,31)(H,28,30)(H,29,38)/t19-,21+/m0/s1. The first-order chi connectivity index (χ1) is 18.9. The molecule has 2 aromatic heterocycles. The molecule has 2 atom stereocenters. The van der Waals surface area contributed by atoms with Crippen molar-refractivity contribution in [2.45, 2.75) is 44.9 Å². The number of nitrogens with one attached hydrogen (secondary N) is 2. The van der Waals surface area contributed by atoms with Gasteiger partial charge in [-0.2, -0.15) is 5.01 Å². The highest BCUT2D eigenvalue weighted by atomic mass is 32.1. The zero-order chi connectivity index (χ0) is 27.5. The summed E-state index contributed by atoms with van der Waals surface area (Å²) in [7, 11) is 0. The van der Waals surface area contributed by atoms with Crippen molar-refractivity contribution in [3.05, 3.63) is 42.0 Å². The van der Waals surface area contributed by atoms with Gasteiger partial charge < -0.3 is 25.8 Å². The number of urea groups is 1. The molecular weight excluding hydrogens is 518 g/mol. The van der Waals surface area contributed by atoms with Crippen LogP contribution in [0.2, 0.25) is 0 Å². The van der Waals surface area contributed by atoms with Gasteiger partial charge in [-0.15, -0.1) is 6.42 Å². The Morgan fingerprint density at radius 3 is 2.97 bits per heavy atom. The number of piperazine rings is 1. The van der Waals surface area contributed by atoms with E-state index in [1.165, 1.54) is 16.3 Å². The second-order valence-corrected chi connectivity index (χ2v) is 10.6. The molecule has 1 aromatic carbocycles. The van der Waals surface area contributed by atoms with E-state index < -0.39 is 12.2 Å². The number of hydrogen-bond donors (Lipinski definition) is 3. The molecule has 0 radical (unpaired) electrons. The highest BCUT2D eigenvalue weighted by molar-refractivity contribution is 7.22. The van der Waals surface area contributed by atoms with Crippen LogP contribution in [0.3, 0.4) is 0 Å². The quantitative estimate of drug-likeness (QED) is 0.270. The van der Waals surface area contributed by atoms with E-state index in [0.29, 0.717) is 11.7 Å². The number of anilines is 1. The summed E-state index contributed by atoms with van der Waals surface area (Å²) in [4.78, 5) is 55.3. The van der Waals surface area contributed by atoms with Crippen molar-refractivity contribution in [1.29, 1.82) is 0 Å². The fourth-order valence-corrected chi connectivity index (χ4v) is 5.96. The van der Waals surface area contributed by atoms with Gasteiger partial charge in [-0.1, -0.05) is 42.7 Å². The van der Waals surface area contributed by atoms with E-state index in [1.807, 2.05) is 25.1 Å². The molecule has 0 spiro atoms. The highest BCUT2D eigenvalue weighted by Gasteiger charge is 2.52. The van der Waals surface area contributed by atoms with Gasteiger partial charge in [0.05, 0.1) is 36.2 Å². The molecule has 2 aliphatic heterocycles. The predicted octanol–water partition coefficient (Wildman–Crippen LogP) is 1.39. The summed E-state index contributed by atoms with van der Waals surface area (Å²) in [5.41, 5.74) is 8.30. The fraction of sp³-hybridized carbons (Fsp3) is 0.423. The van der Waals surface area contributed by atoms with Crippen LogP contribution in [0.1, 0.15) is 31.0 Å². The number of nitrogens with two attached hydrogens (primary N) is 1. The molecule has 0 saturated carbocycles. The molecule has 2 fully saturated rings. The number of para-hydroxylation sites is 1. The monoisotopic (exact) mass is 549 g/mol. The summed E-state index contributed by atoms with van der Waals surface area (Å²) in [5, 5.41) is 6.44. The summed E-state index contributed by atoms with van der Waals surface area (Å²) in [6.45, 7) is 2.95. The van der Waals surface area contributed by atoms with Crippen LogP contribution >= 0.6 is 11.3 Å². The minimum atomic E-state index is -0.780. The molecule has 13 heteroatoms. The number of hydrazine groups is 1. The summed E-state index contributed by atoms with van der Waals surface area (Å²) in [5.74, 6) is 2.11. The van der Waals surface area contributed by atoms with E-state index >= 15 is 0 Å². The first-order valence-corrected chi connectivity index (χ1v) is 13.7. The first-order valence-electron chi connectivity index (χ1n) is 12.9. The molecule has 204 valence electrons. The molecule has 39 heavy (non-hydrogen) atoms. The summed E-state index contributed by atoms with van der Waals surface area (Å²) in [6, 6.07) is 4.64. The molecule has 5 rings (SSSR count). The second kappa shape index (κ2) is 11.3. The molecule has 2 aliphatic rings. The van der Waals surface area contributed by atoms with Crippen LogP contribution in [0.25, 0.3) is 10.2 Å². The van der Waals surface area contributed by atoms with Gasteiger partial charge in [0.25, 0.3) is 0 Å². The lowest BCUT2D eigenvalue weighted by atomic mass is 10.0. The van der Waals surface area contributed by atoms with E-state index in [9.17, 15) is 14.4 Å². The molecule has 0 bridgehead atoms. The Hall–Kier alpha value is -4.15. The number of rotatable bonds is 9. The Balaban J connectivity index is 1.48. The maximum Gasteiger partial charge on any atom is 0.332 e. The molecule has 3 aromatic rings. The molecule has 4 heterocycles. The largest absolute Gasteiger partial charge is 0.375 e. The van der Waals surface area contributed by atoms with E-state index in [0.717, 1.165) is 34.3 Å². The number of thiazole rings is 1. The number of carbonyl (C=O) groups is 3. The average molecular weight is 550 g/mol. The van der Waals surface area contributed by atoms with Crippen molar-refractivity contribution >= 4 is 44.5 Å². The van der Waals surface area contributed by atoms with Crippen molar-refractivity contribution in [2.24, 2.45) is 0 Å². The maximum atomic E-state index is 13.9. The molecule has 0 unspecified atom stereocenters. The summed E-state index contributed by atoms with van der Waals surface area (Å²) in [6.07, 6.45) is 10.2. The second-order valence-electron chi connectivity index (χ2n) is 9.56. The lowest BCUT2D eigenvalue weighted by Crippen LogP contribution is -2.66. The van der Waals surface area contributed by atoms with Crippen LogP contribution in [0.4, 0.5) is 9.93 Å². The highest BCUT2D eigenvalue weighted by Crippen LogP contribution is 2.32. The number of nitrogens with zero attached hydrogens (tertiary/aromatic N) is 6. The van der Waals surface area contributed by atoms with E-state index in [2.05, 4.69) is 26.2 Å². The van der Waals surface area contributed by atoms with Gasteiger partial charge in [0.2, 0.25) is 11.8 Å². The lowest BCUT2D eigenvalue weighted by Gasteiger charge is -2.46. The molecule has 4 N–H and O–H groups in total. The third-order valence-corrected chi connectivity index (χ3v) is 7.86. The third-order valence-electron chi connectivity index (χ3n) is 7.01. The summed E-state index contributed by atoms with van der Waals surface area (Å²) >= 11 is 1.39. The Morgan fingerprint density at radius 2 is 2.23 bits per heavy atom. The Bertz CT molecular complexity index is 1400. The molecule has 0 aliphatic carbocycles. The number of hydrogen-bond acceptors (Lipinski definition) is 8. The number of H-pyrrole nitrogens is 1. The Morgan fingerprint density at radius 1 is 1.38 bits per heavy atom. The van der Waals surface area contributed by atoms with Gasteiger partial charge in [-0.25, -0.2) is 19.8 Å². The number of imidazole rings is 1. The van der Waals surface area contributed by atoms with Crippen molar-refractivity contribution in [3.63, 3.8) is 0 Å². The smallest absolute Gasteiger partial charge is 0.332 e. The van der Waals surface area contributed by atoms with E-state index in [1.54, 1.807) is 27.3 Å². The van der Waals surface area contributed by atoms with Crippen molar-refractivity contribution < 1.29 is 14.4 Å². The van der Waals surface area contributed by atoms with Gasteiger partial charge in [0.15, 0.2) is 5.13 Å². The minimum absolute atomic E-state index is 0.00779. The maximum absolute atomic E-state index is 13.9. The zero-order valence-electron chi connectivity index (χ0n) is 21.7. The van der Waals surface area contributed by atoms with Crippen LogP contribution in [-0.2, 0) is 22.6 Å². The Labute approximate surface area is 230 Å². The number of aromatic nitrogens is 3. The molecule has 2 saturated heterocycles.